The van der Waals surface area contributed by atoms with Gasteiger partial charge in [0.1, 0.15) is 18.2 Å². The first kappa shape index (κ1) is 35.5. The Bertz CT molecular complexity index is 998. The smallest absolute Gasteiger partial charge is 0.353 e. The first-order chi connectivity index (χ1) is 19.8. The summed E-state index contributed by atoms with van der Waals surface area (Å²) in [6.45, 7) is 2.67. The van der Waals surface area contributed by atoms with Crippen molar-refractivity contribution < 1.29 is 33.0 Å². The average Bonchev–Trinajstić information content (AvgIpc) is 3.36. The standard InChI is InChI=1S/C28H51FN5O6P/c1-24(29)15-12-10-8-6-4-2-3-5-7-9-11-13-16-38-17-14-18-40-41(36,37)23-39-25(20-35)19-34-22-33-26-27(30)31-21-32-28(26)34/h21-22,24-25,35H,2-20,23H2,1H3,(H,36,37)(H2,30,31,32)/t24?,25-/m0/s1. The molecule has 0 aliphatic carbocycles. The molecule has 41 heavy (non-hydrogen) atoms. The van der Waals surface area contributed by atoms with Crippen LogP contribution < -0.4 is 5.73 Å². The summed E-state index contributed by atoms with van der Waals surface area (Å²) in [4.78, 5) is 22.2. The Hall–Kier alpha value is -1.69. The maximum Gasteiger partial charge on any atom is 0.353 e. The molecule has 0 saturated heterocycles. The summed E-state index contributed by atoms with van der Waals surface area (Å²) in [6.07, 6.45) is 16.6. The van der Waals surface area contributed by atoms with E-state index in [-0.39, 0.29) is 25.6 Å². The number of aliphatic hydroxyl groups excluding tert-OH is 1. The molecule has 2 aromatic heterocycles. The number of fused-ring (bicyclic) bond motifs is 1. The van der Waals surface area contributed by atoms with E-state index in [0.717, 1.165) is 25.7 Å². The maximum atomic E-state index is 12.7. The number of ether oxygens (including phenoxy) is 2. The predicted octanol–water partition coefficient (Wildman–Crippen LogP) is 5.78. The second kappa shape index (κ2) is 21.1. The number of hydrogen-bond donors (Lipinski definition) is 3. The number of alkyl halides is 1. The van der Waals surface area contributed by atoms with Crippen LogP contribution in [0.4, 0.5) is 10.2 Å². The summed E-state index contributed by atoms with van der Waals surface area (Å²) in [5.74, 6) is 0.245. The van der Waals surface area contributed by atoms with Gasteiger partial charge in [0.25, 0.3) is 0 Å². The maximum absolute atomic E-state index is 12.7. The number of aliphatic hydroxyl groups is 1. The number of nitrogens with two attached hydrogens (primary N) is 1. The highest BCUT2D eigenvalue weighted by molar-refractivity contribution is 7.52. The molecule has 0 radical (unpaired) electrons. The van der Waals surface area contributed by atoms with Gasteiger partial charge in [-0.25, -0.2) is 19.3 Å². The van der Waals surface area contributed by atoms with E-state index >= 15 is 0 Å². The van der Waals surface area contributed by atoms with Crippen LogP contribution in [-0.2, 0) is 25.1 Å². The Morgan fingerprint density at radius 1 is 0.927 bits per heavy atom. The van der Waals surface area contributed by atoms with Crippen LogP contribution in [0.15, 0.2) is 12.7 Å². The zero-order valence-electron chi connectivity index (χ0n) is 24.7. The van der Waals surface area contributed by atoms with Crippen molar-refractivity contribution in [3.8, 4) is 0 Å². The van der Waals surface area contributed by atoms with Gasteiger partial charge in [0.05, 0.1) is 38.4 Å². The van der Waals surface area contributed by atoms with Crippen LogP contribution in [0, 0.1) is 0 Å². The lowest BCUT2D eigenvalue weighted by Gasteiger charge is -2.19. The molecule has 4 N–H and O–H groups in total. The molecule has 0 aliphatic rings. The van der Waals surface area contributed by atoms with Gasteiger partial charge >= 0.3 is 7.60 Å². The first-order valence-corrected chi connectivity index (χ1v) is 16.9. The van der Waals surface area contributed by atoms with Crippen molar-refractivity contribution in [1.29, 1.82) is 0 Å². The van der Waals surface area contributed by atoms with Gasteiger partial charge in [-0.1, -0.05) is 70.6 Å². The Morgan fingerprint density at radius 2 is 1.54 bits per heavy atom. The summed E-state index contributed by atoms with van der Waals surface area (Å²) in [5.41, 5.74) is 6.71. The van der Waals surface area contributed by atoms with Crippen molar-refractivity contribution in [2.45, 2.75) is 116 Å². The lowest BCUT2D eigenvalue weighted by Crippen LogP contribution is -2.24. The van der Waals surface area contributed by atoms with E-state index in [9.17, 15) is 19.0 Å². The summed E-state index contributed by atoms with van der Waals surface area (Å²) >= 11 is 0. The molecule has 2 rings (SSSR count). The van der Waals surface area contributed by atoms with Crippen LogP contribution in [0.3, 0.4) is 0 Å². The number of imidazole rings is 1. The number of anilines is 1. The molecule has 0 spiro atoms. The minimum atomic E-state index is -3.97. The largest absolute Gasteiger partial charge is 0.394 e. The van der Waals surface area contributed by atoms with Crippen LogP contribution in [0.1, 0.15) is 96.8 Å². The fraction of sp³-hybridized carbons (Fsp3) is 0.821. The topological polar surface area (TPSA) is 155 Å². The molecule has 236 valence electrons. The third kappa shape index (κ3) is 15.9. The van der Waals surface area contributed by atoms with Gasteiger partial charge in [-0.05, 0) is 26.2 Å². The van der Waals surface area contributed by atoms with Crippen molar-refractivity contribution in [3.63, 3.8) is 0 Å². The van der Waals surface area contributed by atoms with Crippen LogP contribution >= 0.6 is 7.60 Å². The molecule has 0 aromatic carbocycles. The summed E-state index contributed by atoms with van der Waals surface area (Å²) in [6, 6.07) is 0. The predicted molar refractivity (Wildman–Crippen MR) is 158 cm³/mol. The zero-order valence-corrected chi connectivity index (χ0v) is 25.6. The van der Waals surface area contributed by atoms with E-state index in [1.165, 1.54) is 64.0 Å². The molecule has 2 unspecified atom stereocenters. The number of hydrogen-bond acceptors (Lipinski definition) is 9. The molecule has 11 nitrogen and oxygen atoms in total. The van der Waals surface area contributed by atoms with Gasteiger partial charge in [-0.2, -0.15) is 0 Å². The molecule has 0 fully saturated rings. The van der Waals surface area contributed by atoms with E-state index in [1.54, 1.807) is 11.5 Å². The Morgan fingerprint density at radius 3 is 2.17 bits per heavy atom. The Labute approximate surface area is 243 Å². The van der Waals surface area contributed by atoms with Crippen molar-refractivity contribution in [1.82, 2.24) is 19.5 Å². The van der Waals surface area contributed by atoms with Gasteiger partial charge in [0.15, 0.2) is 11.5 Å². The van der Waals surface area contributed by atoms with E-state index in [4.69, 9.17) is 19.7 Å². The summed E-state index contributed by atoms with van der Waals surface area (Å²) in [7, 11) is -3.97. The number of aromatic nitrogens is 4. The molecule has 0 saturated carbocycles. The van der Waals surface area contributed by atoms with Crippen molar-refractivity contribution >= 4 is 24.6 Å². The van der Waals surface area contributed by atoms with Gasteiger partial charge < -0.3 is 34.3 Å². The third-order valence-electron chi connectivity index (χ3n) is 6.87. The zero-order chi connectivity index (χ0) is 29.8. The monoisotopic (exact) mass is 603 g/mol. The van der Waals surface area contributed by atoms with Crippen molar-refractivity contribution in [2.75, 3.05) is 38.5 Å². The molecule has 13 heteroatoms. The molecular formula is C28H51FN5O6P. The Kier molecular flexibility index (Phi) is 18.2. The number of halogens is 1. The summed E-state index contributed by atoms with van der Waals surface area (Å²) in [5, 5.41) is 9.65. The first-order valence-electron chi connectivity index (χ1n) is 15.1. The van der Waals surface area contributed by atoms with Crippen molar-refractivity contribution in [3.05, 3.63) is 12.7 Å². The quantitative estimate of drug-likeness (QED) is 0.0890. The second-order valence-corrected chi connectivity index (χ2v) is 12.5. The lowest BCUT2D eigenvalue weighted by atomic mass is 10.0. The second-order valence-electron chi connectivity index (χ2n) is 10.7. The van der Waals surface area contributed by atoms with E-state index in [0.29, 0.717) is 37.2 Å². The van der Waals surface area contributed by atoms with E-state index in [2.05, 4.69) is 15.0 Å². The fourth-order valence-electron chi connectivity index (χ4n) is 4.52. The van der Waals surface area contributed by atoms with Gasteiger partial charge in [0, 0.05) is 13.2 Å². The minimum absolute atomic E-state index is 0.0834. The number of rotatable bonds is 26. The number of nitrogen functional groups attached to an aromatic ring is 1. The van der Waals surface area contributed by atoms with Crippen LogP contribution in [-0.4, -0.2) is 74.6 Å². The number of nitrogens with zero attached hydrogens (tertiary/aromatic N) is 4. The highest BCUT2D eigenvalue weighted by Gasteiger charge is 2.23. The summed E-state index contributed by atoms with van der Waals surface area (Å²) < 4.78 is 42.9. The minimum Gasteiger partial charge on any atom is -0.394 e. The normalized spacial score (nSPS) is 14.8. The molecule has 0 amide bonds. The molecule has 2 aromatic rings. The fourth-order valence-corrected chi connectivity index (χ4v) is 5.41. The van der Waals surface area contributed by atoms with Gasteiger partial charge in [-0.15, -0.1) is 0 Å². The molecule has 0 aliphatic heterocycles. The Balaban J connectivity index is 1.40. The van der Waals surface area contributed by atoms with E-state index < -0.39 is 26.2 Å². The molecule has 3 atom stereocenters. The lowest BCUT2D eigenvalue weighted by molar-refractivity contribution is 0.0175. The van der Waals surface area contributed by atoms with Crippen molar-refractivity contribution in [2.24, 2.45) is 0 Å². The van der Waals surface area contributed by atoms with E-state index in [1.807, 2.05) is 0 Å². The SMILES string of the molecule is CC(F)CCCCCCCCCCCCCCOCCCOP(=O)(O)CO[C@H](CO)Cn1cnc2c(N)ncnc21. The highest BCUT2D eigenvalue weighted by Crippen LogP contribution is 2.42. The van der Waals surface area contributed by atoms with Crippen LogP contribution in [0.25, 0.3) is 11.2 Å². The van der Waals surface area contributed by atoms with Gasteiger partial charge in [0.2, 0.25) is 0 Å². The third-order valence-corrected chi connectivity index (χ3v) is 7.93. The van der Waals surface area contributed by atoms with Crippen LogP contribution in [0.2, 0.25) is 0 Å². The molecule has 0 bridgehead atoms. The number of unbranched alkanes of at least 4 members (excludes halogenated alkanes) is 11. The molecule has 2 heterocycles. The highest BCUT2D eigenvalue weighted by atomic mass is 31.2. The van der Waals surface area contributed by atoms with Crippen LogP contribution in [0.5, 0.6) is 0 Å². The van der Waals surface area contributed by atoms with Gasteiger partial charge in [-0.3, -0.25) is 4.57 Å². The average molecular weight is 604 g/mol. The molecular weight excluding hydrogens is 552 g/mol.